The van der Waals surface area contributed by atoms with E-state index in [1.807, 2.05) is 0 Å². The van der Waals surface area contributed by atoms with Crippen molar-refractivity contribution in [1.29, 1.82) is 0 Å². The van der Waals surface area contributed by atoms with Crippen LogP contribution < -0.4 is 5.32 Å². The van der Waals surface area contributed by atoms with Gasteiger partial charge >= 0.3 is 5.97 Å². The van der Waals surface area contributed by atoms with E-state index in [-0.39, 0.29) is 17.4 Å². The number of hydrogen-bond acceptors (Lipinski definition) is 3. The molecule has 1 spiro atoms. The molecule has 2 fully saturated rings. The lowest BCUT2D eigenvalue weighted by molar-refractivity contribution is -0.154. The summed E-state index contributed by atoms with van der Waals surface area (Å²) in [6.07, 6.45) is 4.77. The van der Waals surface area contributed by atoms with Crippen LogP contribution >= 0.6 is 0 Å². The van der Waals surface area contributed by atoms with Gasteiger partial charge in [0.25, 0.3) is 0 Å². The zero-order valence-electron chi connectivity index (χ0n) is 9.93. The van der Waals surface area contributed by atoms with E-state index in [9.17, 15) is 4.79 Å². The summed E-state index contributed by atoms with van der Waals surface area (Å²) in [7, 11) is 1.47. The van der Waals surface area contributed by atoms with Gasteiger partial charge in [-0.25, -0.2) is 0 Å². The van der Waals surface area contributed by atoms with Gasteiger partial charge in [0, 0.05) is 12.0 Å². The Morgan fingerprint density at radius 2 is 1.87 bits per heavy atom. The first-order chi connectivity index (χ1) is 6.99. The lowest BCUT2D eigenvalue weighted by Crippen LogP contribution is -2.67. The average Bonchev–Trinajstić information content (AvgIpc) is 2.16. The molecular weight excluding hydrogens is 190 g/mol. The number of rotatable bonds is 1. The molecule has 1 aliphatic heterocycles. The fourth-order valence-corrected chi connectivity index (χ4v) is 2.83. The molecule has 0 aromatic carbocycles. The minimum absolute atomic E-state index is 0.0430. The van der Waals surface area contributed by atoms with E-state index in [2.05, 4.69) is 19.2 Å². The van der Waals surface area contributed by atoms with Crippen molar-refractivity contribution >= 4 is 5.97 Å². The van der Waals surface area contributed by atoms with Crippen molar-refractivity contribution in [3.63, 3.8) is 0 Å². The maximum absolute atomic E-state index is 11.5. The SMILES string of the molecule is COC(=O)[C@H]1NCC12CCC(C)(C)CC2. The highest BCUT2D eigenvalue weighted by atomic mass is 16.5. The Hall–Kier alpha value is -0.570. The molecule has 0 aromatic rings. The van der Waals surface area contributed by atoms with Crippen LogP contribution in [0.3, 0.4) is 0 Å². The van der Waals surface area contributed by atoms with Crippen LogP contribution in [0.4, 0.5) is 0 Å². The van der Waals surface area contributed by atoms with Gasteiger partial charge in [0.05, 0.1) is 7.11 Å². The molecule has 0 bridgehead atoms. The van der Waals surface area contributed by atoms with Crippen LogP contribution in [0, 0.1) is 10.8 Å². The molecule has 1 aliphatic carbocycles. The summed E-state index contributed by atoms with van der Waals surface area (Å²) >= 11 is 0. The second kappa shape index (κ2) is 3.48. The van der Waals surface area contributed by atoms with Gasteiger partial charge in [-0.15, -0.1) is 0 Å². The third-order valence-electron chi connectivity index (χ3n) is 4.31. The summed E-state index contributed by atoms with van der Waals surface area (Å²) in [4.78, 5) is 11.5. The number of carbonyl (C=O) groups is 1. The first-order valence-electron chi connectivity index (χ1n) is 5.80. The molecular formula is C12H21NO2. The molecule has 1 heterocycles. The van der Waals surface area contributed by atoms with Gasteiger partial charge < -0.3 is 10.1 Å². The van der Waals surface area contributed by atoms with Crippen molar-refractivity contribution in [3.8, 4) is 0 Å². The Balaban J connectivity index is 2.01. The summed E-state index contributed by atoms with van der Waals surface area (Å²) < 4.78 is 4.83. The number of ether oxygens (including phenoxy) is 1. The first-order valence-corrected chi connectivity index (χ1v) is 5.80. The Morgan fingerprint density at radius 1 is 1.27 bits per heavy atom. The third-order valence-corrected chi connectivity index (χ3v) is 4.31. The second-order valence-electron chi connectivity index (χ2n) is 5.86. The van der Waals surface area contributed by atoms with Crippen LogP contribution in [0.1, 0.15) is 39.5 Å². The summed E-state index contributed by atoms with van der Waals surface area (Å²) in [6.45, 7) is 5.63. The van der Waals surface area contributed by atoms with E-state index in [0.717, 1.165) is 19.4 Å². The van der Waals surface area contributed by atoms with Crippen molar-refractivity contribution < 1.29 is 9.53 Å². The predicted molar refractivity (Wildman–Crippen MR) is 58.5 cm³/mol. The first kappa shape index (κ1) is 10.9. The fourth-order valence-electron chi connectivity index (χ4n) is 2.83. The molecule has 3 nitrogen and oxygen atoms in total. The van der Waals surface area contributed by atoms with Crippen LogP contribution in [-0.2, 0) is 9.53 Å². The topological polar surface area (TPSA) is 38.3 Å². The van der Waals surface area contributed by atoms with Crippen LogP contribution in [0.15, 0.2) is 0 Å². The molecule has 1 N–H and O–H groups in total. The number of nitrogens with one attached hydrogen (secondary N) is 1. The normalized spacial score (nSPS) is 32.1. The van der Waals surface area contributed by atoms with Gasteiger partial charge in [-0.2, -0.15) is 0 Å². The molecule has 1 atom stereocenters. The highest BCUT2D eigenvalue weighted by Crippen LogP contribution is 2.49. The third kappa shape index (κ3) is 1.78. The van der Waals surface area contributed by atoms with Crippen molar-refractivity contribution in [3.05, 3.63) is 0 Å². The highest BCUT2D eigenvalue weighted by molar-refractivity contribution is 5.78. The van der Waals surface area contributed by atoms with E-state index in [0.29, 0.717) is 5.41 Å². The van der Waals surface area contributed by atoms with Crippen LogP contribution in [0.5, 0.6) is 0 Å². The molecule has 1 saturated heterocycles. The van der Waals surface area contributed by atoms with Crippen LogP contribution in [-0.4, -0.2) is 25.7 Å². The molecule has 0 radical (unpaired) electrons. The maximum atomic E-state index is 11.5. The zero-order chi connectivity index (χ0) is 11.1. The molecule has 0 unspecified atom stereocenters. The number of methoxy groups -OCH3 is 1. The Bertz CT molecular complexity index is 263. The quantitative estimate of drug-likeness (QED) is 0.671. The molecule has 15 heavy (non-hydrogen) atoms. The van der Waals surface area contributed by atoms with Crippen molar-refractivity contribution in [1.82, 2.24) is 5.32 Å². The lowest BCUT2D eigenvalue weighted by atomic mass is 9.59. The number of carbonyl (C=O) groups excluding carboxylic acids is 1. The van der Waals surface area contributed by atoms with Crippen molar-refractivity contribution in [2.45, 2.75) is 45.6 Å². The summed E-state index contributed by atoms with van der Waals surface area (Å²) in [6, 6.07) is -0.0430. The van der Waals surface area contributed by atoms with E-state index >= 15 is 0 Å². The zero-order valence-corrected chi connectivity index (χ0v) is 9.93. The van der Waals surface area contributed by atoms with Gasteiger partial charge in [-0.1, -0.05) is 13.8 Å². The minimum atomic E-state index is -0.0824. The average molecular weight is 211 g/mol. The molecule has 0 aromatic heterocycles. The molecule has 3 heteroatoms. The summed E-state index contributed by atoms with van der Waals surface area (Å²) in [5.74, 6) is -0.0824. The lowest BCUT2D eigenvalue weighted by Gasteiger charge is -2.54. The van der Waals surface area contributed by atoms with Crippen molar-refractivity contribution in [2.24, 2.45) is 10.8 Å². The Morgan fingerprint density at radius 3 is 2.27 bits per heavy atom. The van der Waals surface area contributed by atoms with Gasteiger partial charge in [-0.05, 0) is 31.1 Å². The van der Waals surface area contributed by atoms with Gasteiger partial charge in [0.15, 0.2) is 0 Å². The number of esters is 1. The molecule has 2 rings (SSSR count). The maximum Gasteiger partial charge on any atom is 0.323 e. The predicted octanol–water partition coefficient (Wildman–Crippen LogP) is 1.72. The summed E-state index contributed by atoms with van der Waals surface area (Å²) in [5.41, 5.74) is 0.671. The van der Waals surface area contributed by atoms with Crippen LogP contribution in [0.25, 0.3) is 0 Å². The van der Waals surface area contributed by atoms with E-state index in [1.54, 1.807) is 0 Å². The molecule has 86 valence electrons. The fraction of sp³-hybridized carbons (Fsp3) is 0.917. The standard InChI is InChI=1S/C12H21NO2/c1-11(2)4-6-12(7-5-11)8-13-9(12)10(14)15-3/h9,13H,4-8H2,1-3H3/t9-/m1/s1. The van der Waals surface area contributed by atoms with Gasteiger partial charge in [0.2, 0.25) is 0 Å². The van der Waals surface area contributed by atoms with E-state index in [4.69, 9.17) is 4.74 Å². The van der Waals surface area contributed by atoms with Crippen molar-refractivity contribution in [2.75, 3.05) is 13.7 Å². The van der Waals surface area contributed by atoms with Crippen LogP contribution in [0.2, 0.25) is 0 Å². The number of hydrogen-bond donors (Lipinski definition) is 1. The smallest absolute Gasteiger partial charge is 0.323 e. The second-order valence-corrected chi connectivity index (χ2v) is 5.86. The van der Waals surface area contributed by atoms with Gasteiger partial charge in [0.1, 0.15) is 6.04 Å². The van der Waals surface area contributed by atoms with E-state index < -0.39 is 0 Å². The monoisotopic (exact) mass is 211 g/mol. The molecule has 1 saturated carbocycles. The summed E-state index contributed by atoms with van der Waals surface area (Å²) in [5, 5.41) is 3.21. The van der Waals surface area contributed by atoms with E-state index in [1.165, 1.54) is 20.0 Å². The molecule has 0 amide bonds. The molecule has 2 aliphatic rings. The minimum Gasteiger partial charge on any atom is -0.468 e. The Labute approximate surface area is 91.6 Å². The van der Waals surface area contributed by atoms with Gasteiger partial charge in [-0.3, -0.25) is 4.79 Å². The largest absolute Gasteiger partial charge is 0.468 e. The highest BCUT2D eigenvalue weighted by Gasteiger charge is 2.53. The Kier molecular flexibility index (Phi) is 2.53.